The van der Waals surface area contributed by atoms with E-state index in [1.807, 2.05) is 0 Å². The highest BCUT2D eigenvalue weighted by Crippen LogP contribution is 2.44. The molecule has 4 heteroatoms. The molecule has 0 aromatic heterocycles. The molecule has 0 radical (unpaired) electrons. The molecule has 48 valence electrons. The summed E-state index contributed by atoms with van der Waals surface area (Å²) in [6.07, 6.45) is 0.338. The molecule has 2 N–H and O–H groups in total. The first-order valence-electron chi connectivity index (χ1n) is 2.22. The highest BCUT2D eigenvalue weighted by atomic mass is 31.2. The Morgan fingerprint density at radius 2 is 2.12 bits per heavy atom. The second-order valence-electron chi connectivity index (χ2n) is 1.46. The highest BCUT2D eigenvalue weighted by Gasteiger charge is 2.14. The van der Waals surface area contributed by atoms with Crippen LogP contribution in [0.15, 0.2) is 11.9 Å². The van der Waals surface area contributed by atoms with Gasteiger partial charge < -0.3 is 9.79 Å². The van der Waals surface area contributed by atoms with E-state index in [9.17, 15) is 4.57 Å². The lowest BCUT2D eigenvalue weighted by Crippen LogP contribution is -1.79. The van der Waals surface area contributed by atoms with E-state index < -0.39 is 7.60 Å². The lowest BCUT2D eigenvalue weighted by molar-refractivity contribution is 0.381. The van der Waals surface area contributed by atoms with Crippen molar-refractivity contribution in [1.82, 2.24) is 0 Å². The molecule has 0 aliphatic carbocycles. The van der Waals surface area contributed by atoms with Crippen molar-refractivity contribution in [1.29, 1.82) is 0 Å². The van der Waals surface area contributed by atoms with E-state index in [0.717, 1.165) is 0 Å². The largest absolute Gasteiger partial charge is 0.351 e. The quantitative estimate of drug-likeness (QED) is 0.558. The molecule has 0 saturated carbocycles. The minimum atomic E-state index is -3.95. The fourth-order valence-corrected chi connectivity index (χ4v) is 0.618. The summed E-state index contributed by atoms with van der Waals surface area (Å²) in [5.74, 6) is 0. The van der Waals surface area contributed by atoms with Crippen molar-refractivity contribution in [2.45, 2.75) is 13.3 Å². The molecule has 0 aliphatic rings. The van der Waals surface area contributed by atoms with Crippen LogP contribution in [0.25, 0.3) is 0 Å². The smallest absolute Gasteiger partial charge is 0.321 e. The molecule has 0 aromatic rings. The summed E-state index contributed by atoms with van der Waals surface area (Å²) >= 11 is 0. The molecule has 0 bridgehead atoms. The molecule has 0 heterocycles. The van der Waals surface area contributed by atoms with Gasteiger partial charge in [-0.1, -0.05) is 13.5 Å². The summed E-state index contributed by atoms with van der Waals surface area (Å²) in [4.78, 5) is 16.6. The van der Waals surface area contributed by atoms with E-state index in [-0.39, 0.29) is 5.31 Å². The van der Waals surface area contributed by atoms with E-state index in [1.165, 1.54) is 0 Å². The molecule has 0 spiro atoms. The van der Waals surface area contributed by atoms with Gasteiger partial charge in [0.25, 0.3) is 0 Å². The number of allylic oxidation sites excluding steroid dienone is 1. The second-order valence-corrected chi connectivity index (χ2v) is 3.18. The third-order valence-electron chi connectivity index (χ3n) is 0.820. The summed E-state index contributed by atoms with van der Waals surface area (Å²) in [6, 6.07) is 0. The molecule has 0 aliphatic heterocycles. The number of hydrogen-bond donors (Lipinski definition) is 2. The lowest BCUT2D eigenvalue weighted by atomic mass is 10.5. The van der Waals surface area contributed by atoms with Gasteiger partial charge in [-0.15, -0.1) is 0 Å². The molecule has 0 saturated heterocycles. The van der Waals surface area contributed by atoms with Gasteiger partial charge in [-0.3, -0.25) is 4.57 Å². The Hall–Kier alpha value is -0.110. The number of rotatable bonds is 2. The fraction of sp³-hybridized carbons (Fsp3) is 0.500. The van der Waals surface area contributed by atoms with Crippen LogP contribution in [0.4, 0.5) is 0 Å². The van der Waals surface area contributed by atoms with Crippen LogP contribution in [0.1, 0.15) is 13.3 Å². The highest BCUT2D eigenvalue weighted by molar-refractivity contribution is 7.56. The van der Waals surface area contributed by atoms with E-state index in [4.69, 9.17) is 9.79 Å². The average molecular weight is 136 g/mol. The molecule has 0 rings (SSSR count). The summed E-state index contributed by atoms with van der Waals surface area (Å²) in [5, 5.41) is -0.00231. The SMILES string of the molecule is C=C(CC)P(=O)(O)O. The van der Waals surface area contributed by atoms with Crippen molar-refractivity contribution in [3.05, 3.63) is 11.9 Å². The van der Waals surface area contributed by atoms with Crippen molar-refractivity contribution in [2.24, 2.45) is 0 Å². The third kappa shape index (κ3) is 2.26. The molecule has 0 aromatic carbocycles. The van der Waals surface area contributed by atoms with Crippen LogP contribution in [0.5, 0.6) is 0 Å². The van der Waals surface area contributed by atoms with Crippen LogP contribution in [-0.2, 0) is 4.57 Å². The number of hydrogen-bond acceptors (Lipinski definition) is 1. The molecule has 0 fully saturated rings. The zero-order valence-corrected chi connectivity index (χ0v) is 5.56. The first-order valence-corrected chi connectivity index (χ1v) is 3.83. The average Bonchev–Trinajstić information content (AvgIpc) is 1.62. The van der Waals surface area contributed by atoms with E-state index in [1.54, 1.807) is 6.92 Å². The Kier molecular flexibility index (Phi) is 2.41. The minimum Gasteiger partial charge on any atom is -0.321 e. The van der Waals surface area contributed by atoms with Gasteiger partial charge in [0, 0.05) is 5.31 Å². The van der Waals surface area contributed by atoms with E-state index in [0.29, 0.717) is 6.42 Å². The molecule has 0 amide bonds. The summed E-state index contributed by atoms with van der Waals surface area (Å²) in [7, 11) is -3.95. The monoisotopic (exact) mass is 136 g/mol. The van der Waals surface area contributed by atoms with Crippen LogP contribution in [0.3, 0.4) is 0 Å². The lowest BCUT2D eigenvalue weighted by Gasteiger charge is -2.01. The maximum absolute atomic E-state index is 10.2. The predicted molar refractivity (Wildman–Crippen MR) is 31.5 cm³/mol. The van der Waals surface area contributed by atoms with Gasteiger partial charge in [0.15, 0.2) is 0 Å². The minimum absolute atomic E-state index is 0.00231. The van der Waals surface area contributed by atoms with Crippen molar-refractivity contribution in [3.8, 4) is 0 Å². The normalized spacial score (nSPS) is 11.4. The van der Waals surface area contributed by atoms with Gasteiger partial charge in [-0.2, -0.15) is 0 Å². The van der Waals surface area contributed by atoms with Crippen LogP contribution in [0.2, 0.25) is 0 Å². The molecular weight excluding hydrogens is 127 g/mol. The van der Waals surface area contributed by atoms with Crippen molar-refractivity contribution in [3.63, 3.8) is 0 Å². The first-order chi connectivity index (χ1) is 3.48. The summed E-state index contributed by atoms with van der Waals surface area (Å²) in [5.41, 5.74) is 0. The van der Waals surface area contributed by atoms with Crippen molar-refractivity contribution < 1.29 is 14.4 Å². The fourth-order valence-electron chi connectivity index (χ4n) is 0.206. The summed E-state index contributed by atoms with van der Waals surface area (Å²) in [6.45, 7) is 4.84. The third-order valence-corrected chi connectivity index (χ3v) is 1.96. The maximum Gasteiger partial charge on any atom is 0.351 e. The van der Waals surface area contributed by atoms with E-state index in [2.05, 4.69) is 6.58 Å². The van der Waals surface area contributed by atoms with Gasteiger partial charge in [0.1, 0.15) is 0 Å². The van der Waals surface area contributed by atoms with Crippen molar-refractivity contribution in [2.75, 3.05) is 0 Å². The van der Waals surface area contributed by atoms with Crippen LogP contribution >= 0.6 is 7.60 Å². The Balaban J connectivity index is 4.04. The second kappa shape index (κ2) is 2.44. The maximum atomic E-state index is 10.2. The topological polar surface area (TPSA) is 57.5 Å². The van der Waals surface area contributed by atoms with Crippen LogP contribution in [0, 0.1) is 0 Å². The van der Waals surface area contributed by atoms with Gasteiger partial charge in [-0.25, -0.2) is 0 Å². The first kappa shape index (κ1) is 7.89. The Morgan fingerprint density at radius 1 is 1.75 bits per heavy atom. The molecule has 8 heavy (non-hydrogen) atoms. The zero-order chi connectivity index (χ0) is 6.78. The van der Waals surface area contributed by atoms with Crippen molar-refractivity contribution >= 4 is 7.60 Å². The Morgan fingerprint density at radius 3 is 2.12 bits per heavy atom. The van der Waals surface area contributed by atoms with E-state index >= 15 is 0 Å². The summed E-state index contributed by atoms with van der Waals surface area (Å²) < 4.78 is 10.2. The van der Waals surface area contributed by atoms with Gasteiger partial charge in [0.05, 0.1) is 0 Å². The standard InChI is InChI=1S/C4H9O3P/c1-3-4(2)8(5,6)7/h2-3H2,1H3,(H2,5,6,7). The zero-order valence-electron chi connectivity index (χ0n) is 4.66. The van der Waals surface area contributed by atoms with Gasteiger partial charge in [0.2, 0.25) is 0 Å². The Bertz CT molecular complexity index is 134. The van der Waals surface area contributed by atoms with Crippen LogP contribution < -0.4 is 0 Å². The van der Waals surface area contributed by atoms with Gasteiger partial charge >= 0.3 is 7.60 Å². The van der Waals surface area contributed by atoms with Crippen LogP contribution in [-0.4, -0.2) is 9.79 Å². The molecule has 0 unspecified atom stereocenters. The molecular formula is C4H9O3P. The molecule has 3 nitrogen and oxygen atoms in total. The Labute approximate surface area is 48.2 Å². The molecule has 0 atom stereocenters. The van der Waals surface area contributed by atoms with Gasteiger partial charge in [-0.05, 0) is 6.42 Å². The predicted octanol–water partition coefficient (Wildman–Crippen LogP) is 1.09.